The van der Waals surface area contributed by atoms with E-state index in [1.54, 1.807) is 18.2 Å². The molecule has 2 heterocycles. The van der Waals surface area contributed by atoms with Crippen molar-refractivity contribution < 1.29 is 9.59 Å². The van der Waals surface area contributed by atoms with Crippen LogP contribution >= 0.6 is 0 Å². The molecule has 0 radical (unpaired) electrons. The molecule has 1 amide bonds. The summed E-state index contributed by atoms with van der Waals surface area (Å²) in [4.78, 5) is 52.7. The average Bonchev–Trinajstić information content (AvgIpc) is 3.11. The molecule has 0 aliphatic carbocycles. The van der Waals surface area contributed by atoms with Crippen molar-refractivity contribution in [1.82, 2.24) is 24.1 Å². The van der Waals surface area contributed by atoms with Gasteiger partial charge in [0.2, 0.25) is 5.78 Å². The van der Waals surface area contributed by atoms with E-state index >= 15 is 0 Å². The molecule has 188 valence electrons. The first-order valence-electron chi connectivity index (χ1n) is 12.1. The summed E-state index contributed by atoms with van der Waals surface area (Å²) < 4.78 is 3.87. The minimum Gasteiger partial charge on any atom is -0.350 e. The number of ketones is 1. The molecule has 0 unspecified atom stereocenters. The van der Waals surface area contributed by atoms with E-state index in [-0.39, 0.29) is 47.0 Å². The van der Waals surface area contributed by atoms with Crippen molar-refractivity contribution in [3.63, 3.8) is 0 Å². The molecule has 2 aromatic carbocycles. The summed E-state index contributed by atoms with van der Waals surface area (Å²) >= 11 is 0. The van der Waals surface area contributed by atoms with E-state index < -0.39 is 5.69 Å². The maximum atomic E-state index is 13.6. The van der Waals surface area contributed by atoms with Crippen LogP contribution in [0.25, 0.3) is 16.7 Å². The second-order valence-corrected chi connectivity index (χ2v) is 9.99. The molecule has 0 aliphatic rings. The molecule has 0 saturated heterocycles. The van der Waals surface area contributed by atoms with Crippen LogP contribution < -0.4 is 16.6 Å². The Bertz CT molecular complexity index is 1620. The normalized spacial score (nSPS) is 11.7. The lowest BCUT2D eigenvalue weighted by atomic mass is 10.0. The number of aromatic nitrogens is 4. The number of rotatable bonds is 7. The van der Waals surface area contributed by atoms with E-state index in [2.05, 4.69) is 10.4 Å². The predicted molar refractivity (Wildman–Crippen MR) is 139 cm³/mol. The molecule has 0 aliphatic heterocycles. The molecule has 0 spiro atoms. The highest BCUT2D eigenvalue weighted by Gasteiger charge is 2.21. The zero-order chi connectivity index (χ0) is 26.3. The minimum absolute atomic E-state index is 0.0750. The van der Waals surface area contributed by atoms with Gasteiger partial charge in [0, 0.05) is 23.7 Å². The number of fused-ring (bicyclic) bond motifs is 3. The van der Waals surface area contributed by atoms with Gasteiger partial charge in [0.15, 0.2) is 5.78 Å². The smallest absolute Gasteiger partial charge is 0.350 e. The van der Waals surface area contributed by atoms with Crippen LogP contribution in [0.1, 0.15) is 59.5 Å². The lowest BCUT2D eigenvalue weighted by molar-refractivity contribution is 0.0940. The Morgan fingerprint density at radius 2 is 1.72 bits per heavy atom. The van der Waals surface area contributed by atoms with E-state index in [0.717, 1.165) is 15.8 Å². The molecular weight excluding hydrogens is 458 g/mol. The van der Waals surface area contributed by atoms with E-state index in [0.29, 0.717) is 23.1 Å². The van der Waals surface area contributed by atoms with Gasteiger partial charge in [-0.1, -0.05) is 37.6 Å². The maximum absolute atomic E-state index is 13.6. The van der Waals surface area contributed by atoms with Crippen molar-refractivity contribution in [3.8, 4) is 0 Å². The van der Waals surface area contributed by atoms with E-state index in [9.17, 15) is 19.2 Å². The molecule has 0 fully saturated rings. The van der Waals surface area contributed by atoms with Gasteiger partial charge in [-0.2, -0.15) is 0 Å². The molecule has 9 heteroatoms. The Morgan fingerprint density at radius 1 is 1.00 bits per heavy atom. The van der Waals surface area contributed by atoms with Crippen molar-refractivity contribution in [2.75, 3.05) is 0 Å². The summed E-state index contributed by atoms with van der Waals surface area (Å²) in [5.74, 6) is -0.313. The lowest BCUT2D eigenvalue weighted by Gasteiger charge is -2.13. The highest BCUT2D eigenvalue weighted by Crippen LogP contribution is 2.16. The number of Topliss-reactive ketones (excluding diaryl/α,β-unsaturated/α-hetero) is 1. The van der Waals surface area contributed by atoms with Crippen LogP contribution in [0.4, 0.5) is 0 Å². The highest BCUT2D eigenvalue weighted by molar-refractivity contribution is 5.98. The Labute approximate surface area is 208 Å². The third kappa shape index (κ3) is 4.60. The molecule has 9 nitrogen and oxygen atoms in total. The summed E-state index contributed by atoms with van der Waals surface area (Å²) in [6.45, 7) is 11.5. The number of benzene rings is 2. The predicted octanol–water partition coefficient (Wildman–Crippen LogP) is 3.10. The monoisotopic (exact) mass is 489 g/mol. The van der Waals surface area contributed by atoms with Gasteiger partial charge >= 0.3 is 5.69 Å². The van der Waals surface area contributed by atoms with Crippen LogP contribution in [0.2, 0.25) is 0 Å². The van der Waals surface area contributed by atoms with Crippen molar-refractivity contribution in [3.05, 3.63) is 79.5 Å². The third-order valence-corrected chi connectivity index (χ3v) is 5.98. The zero-order valence-electron chi connectivity index (χ0n) is 21.5. The average molecular weight is 490 g/mol. The molecule has 36 heavy (non-hydrogen) atoms. The Kier molecular flexibility index (Phi) is 6.67. The van der Waals surface area contributed by atoms with Gasteiger partial charge < -0.3 is 5.32 Å². The number of hydrogen-bond donors (Lipinski definition) is 1. The number of hydrogen-bond acceptors (Lipinski definition) is 5. The zero-order valence-corrected chi connectivity index (χ0v) is 21.5. The fourth-order valence-corrected chi connectivity index (χ4v) is 4.38. The number of nitrogens with one attached hydrogen (secondary N) is 1. The third-order valence-electron chi connectivity index (χ3n) is 5.98. The maximum Gasteiger partial charge on any atom is 0.352 e. The highest BCUT2D eigenvalue weighted by atomic mass is 16.2. The van der Waals surface area contributed by atoms with E-state index in [1.165, 1.54) is 15.0 Å². The summed E-state index contributed by atoms with van der Waals surface area (Å²) in [5, 5.41) is 7.54. The largest absolute Gasteiger partial charge is 0.352 e. The Hall–Kier alpha value is -4.01. The van der Waals surface area contributed by atoms with Crippen LogP contribution in [0.5, 0.6) is 0 Å². The van der Waals surface area contributed by atoms with Crippen molar-refractivity contribution in [2.45, 2.75) is 60.7 Å². The minimum atomic E-state index is -0.549. The summed E-state index contributed by atoms with van der Waals surface area (Å²) in [6.07, 6.45) is 0. The number of carbonyl (C=O) groups is 2. The molecular formula is C27H31N5O4. The van der Waals surface area contributed by atoms with Crippen LogP contribution in [-0.4, -0.2) is 36.5 Å². The quantitative estimate of drug-likeness (QED) is 0.402. The lowest BCUT2D eigenvalue weighted by Crippen LogP contribution is -2.31. The van der Waals surface area contributed by atoms with Gasteiger partial charge in [-0.15, -0.1) is 5.10 Å². The summed E-state index contributed by atoms with van der Waals surface area (Å²) in [6, 6.07) is 10.1. The van der Waals surface area contributed by atoms with Crippen LogP contribution in [0.3, 0.4) is 0 Å². The second-order valence-electron chi connectivity index (χ2n) is 9.99. The van der Waals surface area contributed by atoms with Gasteiger partial charge in [0.05, 0.1) is 10.9 Å². The first kappa shape index (κ1) is 25.1. The Morgan fingerprint density at radius 3 is 2.36 bits per heavy atom. The van der Waals surface area contributed by atoms with Crippen LogP contribution in [0.15, 0.2) is 46.0 Å². The van der Waals surface area contributed by atoms with E-state index in [4.69, 9.17) is 0 Å². The SMILES string of the molecule is Cc1ccc(C(=O)Cn2nc3n(CC(C)C)c(=O)c4ccc(C(=O)NC(C)C)cc4n3c2=O)c(C)c1. The molecule has 2 aromatic heterocycles. The van der Waals surface area contributed by atoms with Gasteiger partial charge in [0.1, 0.15) is 6.54 Å². The van der Waals surface area contributed by atoms with Crippen LogP contribution in [0, 0.1) is 19.8 Å². The van der Waals surface area contributed by atoms with Crippen molar-refractivity contribution in [1.29, 1.82) is 0 Å². The molecule has 4 rings (SSSR count). The van der Waals surface area contributed by atoms with Gasteiger partial charge in [0.25, 0.3) is 11.5 Å². The fraction of sp³-hybridized carbons (Fsp3) is 0.370. The molecule has 0 saturated carbocycles. The number of aryl methyl sites for hydroxylation is 2. The first-order valence-corrected chi connectivity index (χ1v) is 12.1. The topological polar surface area (TPSA) is 107 Å². The number of amides is 1. The van der Waals surface area contributed by atoms with Gasteiger partial charge in [-0.3, -0.25) is 19.0 Å². The van der Waals surface area contributed by atoms with Crippen molar-refractivity contribution >= 4 is 28.4 Å². The second kappa shape index (κ2) is 9.56. The fourth-order valence-electron chi connectivity index (χ4n) is 4.38. The summed E-state index contributed by atoms with van der Waals surface area (Å²) in [7, 11) is 0. The standard InChI is InChI=1S/C27H31N5O4/c1-15(2)13-30-25(35)21-10-8-19(24(34)28-16(3)4)12-22(21)32-26(30)29-31(27(32)36)14-23(33)20-9-7-17(5)11-18(20)6/h7-12,15-16H,13-14H2,1-6H3,(H,28,34). The van der Waals surface area contributed by atoms with Gasteiger partial charge in [-0.25, -0.2) is 13.9 Å². The van der Waals surface area contributed by atoms with Crippen molar-refractivity contribution in [2.24, 2.45) is 5.92 Å². The first-order chi connectivity index (χ1) is 17.0. The number of carbonyl (C=O) groups excluding carboxylic acids is 2. The van der Waals surface area contributed by atoms with Gasteiger partial charge in [-0.05, 0) is 57.4 Å². The molecule has 0 bridgehead atoms. The van der Waals surface area contributed by atoms with Crippen LogP contribution in [-0.2, 0) is 13.1 Å². The van der Waals surface area contributed by atoms with E-state index in [1.807, 2.05) is 53.7 Å². The summed E-state index contributed by atoms with van der Waals surface area (Å²) in [5.41, 5.74) is 2.12. The molecule has 0 atom stereocenters. The molecule has 4 aromatic rings. The number of nitrogens with zero attached hydrogens (tertiary/aromatic N) is 4. The molecule has 1 N–H and O–H groups in total. The Balaban J connectivity index is 1.93.